The molecule has 0 radical (unpaired) electrons. The highest BCUT2D eigenvalue weighted by molar-refractivity contribution is 7.12. The lowest BCUT2D eigenvalue weighted by atomic mass is 10.1. The maximum Gasteiger partial charge on any atom is 0.265 e. The fourth-order valence-electron chi connectivity index (χ4n) is 3.10. The van der Waals surface area contributed by atoms with E-state index in [1.807, 2.05) is 66.9 Å². The van der Waals surface area contributed by atoms with Crippen molar-refractivity contribution < 1.29 is 14.3 Å². The van der Waals surface area contributed by atoms with Crippen LogP contribution in [0.3, 0.4) is 0 Å². The lowest BCUT2D eigenvalue weighted by Crippen LogP contribution is -2.11. The minimum atomic E-state index is -0.157. The van der Waals surface area contributed by atoms with Crippen LogP contribution < -0.4 is 14.8 Å². The first kappa shape index (κ1) is 19.0. The van der Waals surface area contributed by atoms with E-state index >= 15 is 0 Å². The number of hydrogen-bond donors (Lipinski definition) is 1. The number of benzene rings is 3. The highest BCUT2D eigenvalue weighted by atomic mass is 32.1. The molecular formula is C24H21NO3S. The van der Waals surface area contributed by atoms with E-state index in [1.165, 1.54) is 16.7 Å². The van der Waals surface area contributed by atoms with Gasteiger partial charge in [-0.05, 0) is 59.0 Å². The molecule has 29 heavy (non-hydrogen) atoms. The van der Waals surface area contributed by atoms with Gasteiger partial charge in [0.25, 0.3) is 5.91 Å². The summed E-state index contributed by atoms with van der Waals surface area (Å²) in [7, 11) is 1.59. The number of rotatable bonds is 6. The number of carbonyl (C=O) groups is 1. The molecule has 1 N–H and O–H groups in total. The number of methoxy groups -OCH3 is 1. The number of amides is 1. The molecule has 4 aromatic rings. The summed E-state index contributed by atoms with van der Waals surface area (Å²) in [6.45, 7) is 2.39. The van der Waals surface area contributed by atoms with Crippen LogP contribution in [0, 0.1) is 6.92 Å². The van der Waals surface area contributed by atoms with Gasteiger partial charge in [-0.3, -0.25) is 4.79 Å². The summed E-state index contributed by atoms with van der Waals surface area (Å²) in [5.74, 6) is 1.29. The second kappa shape index (κ2) is 8.37. The van der Waals surface area contributed by atoms with Crippen LogP contribution in [0.2, 0.25) is 0 Å². The highest BCUT2D eigenvalue weighted by Crippen LogP contribution is 2.27. The van der Waals surface area contributed by atoms with Crippen molar-refractivity contribution in [3.8, 4) is 11.5 Å². The van der Waals surface area contributed by atoms with Crippen molar-refractivity contribution in [3.63, 3.8) is 0 Å². The van der Waals surface area contributed by atoms with Crippen LogP contribution in [-0.4, -0.2) is 13.0 Å². The first-order valence-corrected chi connectivity index (χ1v) is 10.2. The number of ether oxygens (including phenoxy) is 2. The number of anilines is 1. The summed E-state index contributed by atoms with van der Waals surface area (Å²) in [4.78, 5) is 13.3. The molecule has 146 valence electrons. The number of hydrogen-bond acceptors (Lipinski definition) is 4. The van der Waals surface area contributed by atoms with Crippen LogP contribution in [0.5, 0.6) is 11.5 Å². The van der Waals surface area contributed by atoms with Crippen molar-refractivity contribution in [2.45, 2.75) is 13.5 Å². The zero-order chi connectivity index (χ0) is 20.2. The standard InChI is InChI=1S/C24H21NO3S/c1-16-7-10-22(27-2)21(11-16)25-24(26)23-12-17(15-29-23)14-28-20-9-8-18-5-3-4-6-19(18)13-20/h3-13,15H,14H2,1-2H3,(H,25,26). The molecule has 0 aliphatic carbocycles. The molecule has 4 rings (SSSR count). The van der Waals surface area contributed by atoms with Gasteiger partial charge in [-0.25, -0.2) is 0 Å². The molecule has 4 nitrogen and oxygen atoms in total. The Labute approximate surface area is 173 Å². The molecule has 5 heteroatoms. The molecule has 0 atom stereocenters. The Hall–Kier alpha value is -3.31. The largest absolute Gasteiger partial charge is 0.495 e. The fourth-order valence-corrected chi connectivity index (χ4v) is 3.89. The summed E-state index contributed by atoms with van der Waals surface area (Å²) >= 11 is 1.40. The Balaban J connectivity index is 1.42. The van der Waals surface area contributed by atoms with E-state index < -0.39 is 0 Å². The molecule has 0 spiro atoms. The molecule has 1 amide bonds. The smallest absolute Gasteiger partial charge is 0.265 e. The Bertz CT molecular complexity index is 1170. The lowest BCUT2D eigenvalue weighted by molar-refractivity contribution is 0.103. The maximum absolute atomic E-state index is 12.6. The Morgan fingerprint density at radius 2 is 1.83 bits per heavy atom. The topological polar surface area (TPSA) is 47.6 Å². The lowest BCUT2D eigenvalue weighted by Gasteiger charge is -2.10. The second-order valence-electron chi connectivity index (χ2n) is 6.77. The van der Waals surface area contributed by atoms with Gasteiger partial charge in [-0.15, -0.1) is 11.3 Å². The number of thiophene rings is 1. The van der Waals surface area contributed by atoms with Gasteiger partial charge in [-0.1, -0.05) is 36.4 Å². The summed E-state index contributed by atoms with van der Waals surface area (Å²) < 4.78 is 11.2. The Morgan fingerprint density at radius 1 is 1.00 bits per heavy atom. The van der Waals surface area contributed by atoms with Crippen molar-refractivity contribution in [1.82, 2.24) is 0 Å². The van der Waals surface area contributed by atoms with Gasteiger partial charge in [0.1, 0.15) is 18.1 Å². The van der Waals surface area contributed by atoms with Crippen molar-refractivity contribution in [3.05, 3.63) is 88.1 Å². The molecule has 1 heterocycles. The maximum atomic E-state index is 12.6. The van der Waals surface area contributed by atoms with Crippen LogP contribution in [0.4, 0.5) is 5.69 Å². The van der Waals surface area contributed by atoms with E-state index in [9.17, 15) is 4.79 Å². The molecule has 1 aromatic heterocycles. The highest BCUT2D eigenvalue weighted by Gasteiger charge is 2.13. The summed E-state index contributed by atoms with van der Waals surface area (Å²) in [6.07, 6.45) is 0. The van der Waals surface area contributed by atoms with Crippen LogP contribution in [0.15, 0.2) is 72.1 Å². The fraction of sp³-hybridized carbons (Fsp3) is 0.125. The molecule has 0 saturated carbocycles. The Kier molecular flexibility index (Phi) is 5.49. The van der Waals surface area contributed by atoms with Gasteiger partial charge in [0.15, 0.2) is 0 Å². The van der Waals surface area contributed by atoms with Gasteiger partial charge in [0, 0.05) is 5.56 Å². The number of aryl methyl sites for hydroxylation is 1. The van der Waals surface area contributed by atoms with E-state index in [4.69, 9.17) is 9.47 Å². The third-order valence-corrected chi connectivity index (χ3v) is 5.58. The predicted octanol–water partition coefficient (Wildman–Crippen LogP) is 6.05. The monoisotopic (exact) mass is 403 g/mol. The number of nitrogens with one attached hydrogen (secondary N) is 1. The van der Waals surface area contributed by atoms with E-state index in [-0.39, 0.29) is 5.91 Å². The molecule has 3 aromatic carbocycles. The normalized spacial score (nSPS) is 10.7. The molecule has 0 saturated heterocycles. The van der Waals surface area contributed by atoms with Crippen LogP contribution >= 0.6 is 11.3 Å². The van der Waals surface area contributed by atoms with Crippen molar-refractivity contribution in [1.29, 1.82) is 0 Å². The zero-order valence-electron chi connectivity index (χ0n) is 16.3. The zero-order valence-corrected chi connectivity index (χ0v) is 17.1. The first-order chi connectivity index (χ1) is 14.1. The average molecular weight is 404 g/mol. The Morgan fingerprint density at radius 3 is 2.66 bits per heavy atom. The average Bonchev–Trinajstić information content (AvgIpc) is 3.21. The predicted molar refractivity (Wildman–Crippen MR) is 118 cm³/mol. The van der Waals surface area contributed by atoms with Gasteiger partial charge >= 0.3 is 0 Å². The third kappa shape index (κ3) is 4.41. The number of fused-ring (bicyclic) bond motifs is 1. The van der Waals surface area contributed by atoms with Crippen LogP contribution in [0.1, 0.15) is 20.8 Å². The SMILES string of the molecule is COc1ccc(C)cc1NC(=O)c1cc(COc2ccc3ccccc3c2)cs1. The van der Waals surface area contributed by atoms with Crippen molar-refractivity contribution in [2.24, 2.45) is 0 Å². The molecule has 0 aliphatic heterocycles. The summed E-state index contributed by atoms with van der Waals surface area (Å²) in [6, 6.07) is 21.8. The van der Waals surface area contributed by atoms with E-state index in [1.54, 1.807) is 7.11 Å². The van der Waals surface area contributed by atoms with Gasteiger partial charge in [0.2, 0.25) is 0 Å². The van der Waals surface area contributed by atoms with E-state index in [0.717, 1.165) is 22.3 Å². The molecular weight excluding hydrogens is 382 g/mol. The minimum Gasteiger partial charge on any atom is -0.495 e. The van der Waals surface area contributed by atoms with Gasteiger partial charge in [0.05, 0.1) is 17.7 Å². The summed E-state index contributed by atoms with van der Waals surface area (Å²) in [5.41, 5.74) is 2.68. The van der Waals surface area contributed by atoms with E-state index in [0.29, 0.717) is 22.9 Å². The molecule has 0 aliphatic rings. The quantitative estimate of drug-likeness (QED) is 0.426. The van der Waals surface area contributed by atoms with Gasteiger partial charge < -0.3 is 14.8 Å². The van der Waals surface area contributed by atoms with Crippen molar-refractivity contribution in [2.75, 3.05) is 12.4 Å². The first-order valence-electron chi connectivity index (χ1n) is 9.27. The molecule has 0 fully saturated rings. The molecule has 0 bridgehead atoms. The van der Waals surface area contributed by atoms with Crippen molar-refractivity contribution >= 4 is 33.7 Å². The third-order valence-electron chi connectivity index (χ3n) is 4.61. The number of carbonyl (C=O) groups excluding carboxylic acids is 1. The van der Waals surface area contributed by atoms with Crippen LogP contribution in [0.25, 0.3) is 10.8 Å². The van der Waals surface area contributed by atoms with E-state index in [2.05, 4.69) is 17.4 Å². The minimum absolute atomic E-state index is 0.157. The summed E-state index contributed by atoms with van der Waals surface area (Å²) in [5, 5.41) is 7.20. The van der Waals surface area contributed by atoms with Crippen LogP contribution in [-0.2, 0) is 6.61 Å². The molecule has 0 unspecified atom stereocenters. The van der Waals surface area contributed by atoms with Gasteiger partial charge in [-0.2, -0.15) is 0 Å². The second-order valence-corrected chi connectivity index (χ2v) is 7.69.